The second-order valence-electron chi connectivity index (χ2n) is 7.57. The van der Waals surface area contributed by atoms with Crippen molar-refractivity contribution in [2.24, 2.45) is 5.41 Å². The minimum Gasteiger partial charge on any atom is -0.340 e. The van der Waals surface area contributed by atoms with Gasteiger partial charge in [0.2, 0.25) is 5.91 Å². The minimum absolute atomic E-state index is 0.0602. The lowest BCUT2D eigenvalue weighted by atomic mass is 9.91. The standard InChI is InChI=1S/C18H26N4O/c1-18(2,3)12-17(23)21-10-8-20(9-11-21)14-15-13-19-16-6-4-5-7-22(15)16/h4-7,13H,8-12,14H2,1-3H3. The Morgan fingerprint density at radius 1 is 1.17 bits per heavy atom. The number of imidazole rings is 1. The van der Waals surface area contributed by atoms with Crippen LogP contribution in [0.15, 0.2) is 30.6 Å². The van der Waals surface area contributed by atoms with Crippen LogP contribution >= 0.6 is 0 Å². The number of nitrogens with zero attached hydrogens (tertiary/aromatic N) is 4. The number of hydrogen-bond donors (Lipinski definition) is 0. The minimum atomic E-state index is 0.0602. The van der Waals surface area contributed by atoms with Crippen molar-refractivity contribution in [1.29, 1.82) is 0 Å². The van der Waals surface area contributed by atoms with Crippen LogP contribution in [-0.4, -0.2) is 51.3 Å². The van der Waals surface area contributed by atoms with E-state index >= 15 is 0 Å². The number of piperazine rings is 1. The Bertz CT molecular complexity index is 678. The molecule has 1 aliphatic heterocycles. The van der Waals surface area contributed by atoms with Crippen molar-refractivity contribution in [1.82, 2.24) is 19.2 Å². The zero-order valence-electron chi connectivity index (χ0n) is 14.3. The van der Waals surface area contributed by atoms with Gasteiger partial charge in [-0.05, 0) is 17.5 Å². The summed E-state index contributed by atoms with van der Waals surface area (Å²) >= 11 is 0. The van der Waals surface area contributed by atoms with Crippen LogP contribution in [0.5, 0.6) is 0 Å². The molecular weight excluding hydrogens is 288 g/mol. The molecule has 23 heavy (non-hydrogen) atoms. The van der Waals surface area contributed by atoms with Crippen LogP contribution in [0.3, 0.4) is 0 Å². The predicted molar refractivity (Wildman–Crippen MR) is 91.1 cm³/mol. The third kappa shape index (κ3) is 3.91. The monoisotopic (exact) mass is 314 g/mol. The summed E-state index contributed by atoms with van der Waals surface area (Å²) < 4.78 is 2.14. The lowest BCUT2D eigenvalue weighted by molar-refractivity contribution is -0.134. The number of amides is 1. The molecule has 5 heteroatoms. The topological polar surface area (TPSA) is 40.9 Å². The molecule has 1 saturated heterocycles. The van der Waals surface area contributed by atoms with Gasteiger partial charge in [0.05, 0.1) is 11.9 Å². The Balaban J connectivity index is 1.56. The van der Waals surface area contributed by atoms with E-state index in [0.717, 1.165) is 38.4 Å². The van der Waals surface area contributed by atoms with Crippen molar-refractivity contribution in [3.63, 3.8) is 0 Å². The van der Waals surface area contributed by atoms with Crippen molar-refractivity contribution in [3.8, 4) is 0 Å². The summed E-state index contributed by atoms with van der Waals surface area (Å²) in [6, 6.07) is 6.06. The summed E-state index contributed by atoms with van der Waals surface area (Å²) in [5.41, 5.74) is 2.25. The maximum atomic E-state index is 12.3. The van der Waals surface area contributed by atoms with Crippen LogP contribution in [0, 0.1) is 5.41 Å². The molecule has 0 saturated carbocycles. The Morgan fingerprint density at radius 2 is 1.91 bits per heavy atom. The lowest BCUT2D eigenvalue weighted by Crippen LogP contribution is -2.49. The molecule has 1 aliphatic rings. The number of pyridine rings is 1. The summed E-state index contributed by atoms with van der Waals surface area (Å²) in [6.07, 6.45) is 4.63. The van der Waals surface area contributed by atoms with E-state index in [1.54, 1.807) is 0 Å². The highest BCUT2D eigenvalue weighted by Gasteiger charge is 2.25. The van der Waals surface area contributed by atoms with E-state index in [0.29, 0.717) is 6.42 Å². The highest BCUT2D eigenvalue weighted by atomic mass is 16.2. The SMILES string of the molecule is CC(C)(C)CC(=O)N1CCN(Cc2cnc3ccccn23)CC1. The number of carbonyl (C=O) groups excluding carboxylic acids is 1. The maximum absolute atomic E-state index is 12.3. The molecular formula is C18H26N4O. The first-order chi connectivity index (χ1) is 10.9. The Kier molecular flexibility index (Phi) is 4.39. The zero-order valence-corrected chi connectivity index (χ0v) is 14.3. The summed E-state index contributed by atoms with van der Waals surface area (Å²) in [4.78, 5) is 21.2. The van der Waals surface area contributed by atoms with Crippen LogP contribution in [0.4, 0.5) is 0 Å². The molecule has 0 bridgehead atoms. The fourth-order valence-electron chi connectivity index (χ4n) is 3.05. The molecule has 0 aliphatic carbocycles. The van der Waals surface area contributed by atoms with E-state index in [4.69, 9.17) is 0 Å². The molecule has 0 aromatic carbocycles. The first-order valence-electron chi connectivity index (χ1n) is 8.33. The van der Waals surface area contributed by atoms with Crippen LogP contribution in [-0.2, 0) is 11.3 Å². The van der Waals surface area contributed by atoms with Gasteiger partial charge >= 0.3 is 0 Å². The number of rotatable bonds is 3. The molecule has 2 aromatic heterocycles. The Morgan fingerprint density at radius 3 is 2.61 bits per heavy atom. The largest absolute Gasteiger partial charge is 0.340 e. The van der Waals surface area contributed by atoms with Gasteiger partial charge in [0.25, 0.3) is 0 Å². The van der Waals surface area contributed by atoms with Gasteiger partial charge in [-0.15, -0.1) is 0 Å². The summed E-state index contributed by atoms with van der Waals surface area (Å²) in [7, 11) is 0. The zero-order chi connectivity index (χ0) is 16.4. The fourth-order valence-corrected chi connectivity index (χ4v) is 3.05. The van der Waals surface area contributed by atoms with Gasteiger partial charge in [-0.2, -0.15) is 0 Å². The molecule has 2 aromatic rings. The van der Waals surface area contributed by atoms with Crippen molar-refractivity contribution in [2.45, 2.75) is 33.7 Å². The van der Waals surface area contributed by atoms with Crippen molar-refractivity contribution >= 4 is 11.6 Å². The lowest BCUT2D eigenvalue weighted by Gasteiger charge is -2.35. The Labute approximate surface area is 137 Å². The molecule has 0 unspecified atom stereocenters. The van der Waals surface area contributed by atoms with Crippen LogP contribution < -0.4 is 0 Å². The molecule has 0 atom stereocenters. The number of aromatic nitrogens is 2. The molecule has 0 spiro atoms. The van der Waals surface area contributed by atoms with Gasteiger partial charge in [-0.3, -0.25) is 9.69 Å². The fraction of sp³-hybridized carbons (Fsp3) is 0.556. The average Bonchev–Trinajstić information content (AvgIpc) is 2.90. The van der Waals surface area contributed by atoms with E-state index in [1.165, 1.54) is 5.69 Å². The molecule has 0 N–H and O–H groups in total. The summed E-state index contributed by atoms with van der Waals surface area (Å²) in [6.45, 7) is 10.7. The average molecular weight is 314 g/mol. The van der Waals surface area contributed by atoms with Crippen LogP contribution in [0.1, 0.15) is 32.9 Å². The molecule has 3 rings (SSSR count). The van der Waals surface area contributed by atoms with Gasteiger partial charge in [-0.25, -0.2) is 4.98 Å². The summed E-state index contributed by atoms with van der Waals surface area (Å²) in [5.74, 6) is 0.284. The molecule has 3 heterocycles. The highest BCUT2D eigenvalue weighted by molar-refractivity contribution is 5.76. The highest BCUT2D eigenvalue weighted by Crippen LogP contribution is 2.20. The smallest absolute Gasteiger partial charge is 0.223 e. The van der Waals surface area contributed by atoms with Crippen molar-refractivity contribution in [3.05, 3.63) is 36.3 Å². The van der Waals surface area contributed by atoms with E-state index in [2.05, 4.69) is 41.3 Å². The number of carbonyl (C=O) groups is 1. The van der Waals surface area contributed by atoms with Gasteiger partial charge < -0.3 is 9.30 Å². The molecule has 0 radical (unpaired) electrons. The van der Waals surface area contributed by atoms with Gasteiger partial charge in [0.1, 0.15) is 5.65 Å². The predicted octanol–water partition coefficient (Wildman–Crippen LogP) is 2.41. The Hall–Kier alpha value is -1.88. The van der Waals surface area contributed by atoms with Gasteiger partial charge in [0, 0.05) is 45.3 Å². The third-order valence-electron chi connectivity index (χ3n) is 4.29. The molecule has 1 amide bonds. The first-order valence-corrected chi connectivity index (χ1v) is 8.33. The molecule has 124 valence electrons. The van der Waals surface area contributed by atoms with Crippen LogP contribution in [0.2, 0.25) is 0 Å². The molecule has 1 fully saturated rings. The quantitative estimate of drug-likeness (QED) is 0.873. The second-order valence-corrected chi connectivity index (χ2v) is 7.57. The number of hydrogen-bond acceptors (Lipinski definition) is 3. The van der Waals surface area contributed by atoms with E-state index in [1.807, 2.05) is 29.3 Å². The van der Waals surface area contributed by atoms with E-state index < -0.39 is 0 Å². The number of fused-ring (bicyclic) bond motifs is 1. The van der Waals surface area contributed by atoms with Crippen molar-refractivity contribution in [2.75, 3.05) is 26.2 Å². The van der Waals surface area contributed by atoms with Gasteiger partial charge in [-0.1, -0.05) is 26.8 Å². The van der Waals surface area contributed by atoms with Crippen molar-refractivity contribution < 1.29 is 4.79 Å². The summed E-state index contributed by atoms with van der Waals surface area (Å²) in [5, 5.41) is 0. The maximum Gasteiger partial charge on any atom is 0.223 e. The first kappa shape index (κ1) is 16.0. The third-order valence-corrected chi connectivity index (χ3v) is 4.29. The van der Waals surface area contributed by atoms with E-state index in [9.17, 15) is 4.79 Å². The second kappa shape index (κ2) is 6.32. The van der Waals surface area contributed by atoms with E-state index in [-0.39, 0.29) is 11.3 Å². The van der Waals surface area contributed by atoms with Gasteiger partial charge in [0.15, 0.2) is 0 Å². The van der Waals surface area contributed by atoms with Crippen LogP contribution in [0.25, 0.3) is 5.65 Å². The molecule has 5 nitrogen and oxygen atoms in total. The normalized spacial score (nSPS) is 16.9.